The van der Waals surface area contributed by atoms with Crippen molar-refractivity contribution in [2.45, 2.75) is 45.4 Å². The number of hydrogen-bond donors (Lipinski definition) is 0. The van der Waals surface area contributed by atoms with Gasteiger partial charge in [0.15, 0.2) is 7.98 Å². The van der Waals surface area contributed by atoms with Gasteiger partial charge in [-0.15, -0.1) is 0 Å². The fraction of sp³-hybridized carbons (Fsp3) is 1.00. The van der Waals surface area contributed by atoms with E-state index in [1.165, 1.54) is 45.2 Å². The molecule has 1 aliphatic carbocycles. The first-order valence-corrected chi connectivity index (χ1v) is 6.49. The average Bonchev–Trinajstić information content (AvgIpc) is 2.95. The van der Waals surface area contributed by atoms with Crippen LogP contribution in [0.5, 0.6) is 0 Å². The zero-order valence-corrected chi connectivity index (χ0v) is 9.84. The molecule has 2 atom stereocenters. The molecule has 0 N–H and O–H groups in total. The van der Waals surface area contributed by atoms with Crippen LogP contribution in [-0.4, -0.2) is 25.9 Å². The van der Waals surface area contributed by atoms with Gasteiger partial charge in [-0.05, 0) is 50.1 Å². The van der Waals surface area contributed by atoms with E-state index in [1.54, 1.807) is 6.42 Å². The van der Waals surface area contributed by atoms with Crippen LogP contribution in [0.3, 0.4) is 0 Å². The molecule has 1 saturated heterocycles. The molecule has 1 heterocycles. The second-order valence-electron chi connectivity index (χ2n) is 5.44. The molecule has 0 amide bonds. The lowest BCUT2D eigenvalue weighted by molar-refractivity contribution is 0.250. The molecule has 1 nitrogen and oxygen atoms in total. The maximum Gasteiger partial charge on any atom is 0.185 e. The third-order valence-corrected chi connectivity index (χ3v) is 4.27. The highest BCUT2D eigenvalue weighted by molar-refractivity contribution is 6.04. The molecule has 14 heavy (non-hydrogen) atoms. The van der Waals surface area contributed by atoms with Crippen LogP contribution in [0.2, 0.25) is 0 Å². The molecule has 80 valence electrons. The van der Waals surface area contributed by atoms with Crippen molar-refractivity contribution in [3.8, 4) is 0 Å². The fourth-order valence-electron chi connectivity index (χ4n) is 3.10. The molecule has 0 aromatic heterocycles. The molecule has 0 aromatic carbocycles. The molecule has 2 aliphatic rings. The molecule has 2 fully saturated rings. The van der Waals surface area contributed by atoms with E-state index in [1.807, 2.05) is 0 Å². The van der Waals surface area contributed by atoms with E-state index in [0.29, 0.717) is 0 Å². The number of hydrogen-bond acceptors (Lipinski definition) is 1. The van der Waals surface area contributed by atoms with E-state index in [9.17, 15) is 0 Å². The standard InChI is InChI=1S/C12H24BN/c1-2-3-4-11-9-12(11)10-5-7-14(13)8-6-10/h10-12H,2-9,13H2,1H3. The second-order valence-corrected chi connectivity index (χ2v) is 5.44. The Hall–Kier alpha value is 0.0249. The van der Waals surface area contributed by atoms with Gasteiger partial charge in [-0.25, -0.2) is 0 Å². The van der Waals surface area contributed by atoms with Crippen molar-refractivity contribution in [3.05, 3.63) is 0 Å². The van der Waals surface area contributed by atoms with E-state index < -0.39 is 0 Å². The predicted molar refractivity (Wildman–Crippen MR) is 64.0 cm³/mol. The molecular weight excluding hydrogens is 169 g/mol. The highest BCUT2D eigenvalue weighted by atomic mass is 15.0. The Morgan fingerprint density at radius 3 is 2.64 bits per heavy atom. The summed E-state index contributed by atoms with van der Waals surface area (Å²) in [6.07, 6.45) is 8.89. The molecule has 1 saturated carbocycles. The normalized spacial score (nSPS) is 34.6. The van der Waals surface area contributed by atoms with Gasteiger partial charge in [-0.1, -0.05) is 26.2 Å². The van der Waals surface area contributed by atoms with Gasteiger partial charge < -0.3 is 4.81 Å². The minimum absolute atomic E-state index is 1.09. The first kappa shape index (κ1) is 10.5. The number of unbranched alkanes of at least 4 members (excludes halogenated alkanes) is 1. The zero-order valence-electron chi connectivity index (χ0n) is 9.84. The predicted octanol–water partition coefficient (Wildman–Crippen LogP) is 2.07. The molecular formula is C12H24BN. The molecule has 2 unspecified atom stereocenters. The highest BCUT2D eigenvalue weighted by Gasteiger charge is 2.42. The van der Waals surface area contributed by atoms with Crippen LogP contribution in [0.25, 0.3) is 0 Å². The van der Waals surface area contributed by atoms with Gasteiger partial charge in [0.2, 0.25) is 0 Å². The summed E-state index contributed by atoms with van der Waals surface area (Å²) in [4.78, 5) is 2.49. The van der Waals surface area contributed by atoms with Crippen molar-refractivity contribution in [1.29, 1.82) is 0 Å². The molecule has 2 heteroatoms. The summed E-state index contributed by atoms with van der Waals surface area (Å²) >= 11 is 0. The van der Waals surface area contributed by atoms with Crippen LogP contribution in [0.4, 0.5) is 0 Å². The van der Waals surface area contributed by atoms with Gasteiger partial charge in [0.1, 0.15) is 0 Å². The van der Waals surface area contributed by atoms with E-state index in [-0.39, 0.29) is 0 Å². The van der Waals surface area contributed by atoms with Crippen molar-refractivity contribution >= 4 is 7.98 Å². The molecule has 1 aliphatic heterocycles. The molecule has 0 aromatic rings. The third kappa shape index (κ3) is 2.53. The minimum atomic E-state index is 1.09. The Kier molecular flexibility index (Phi) is 3.54. The van der Waals surface area contributed by atoms with Crippen LogP contribution in [0.1, 0.15) is 45.4 Å². The van der Waals surface area contributed by atoms with Crippen molar-refractivity contribution in [2.24, 2.45) is 17.8 Å². The van der Waals surface area contributed by atoms with Crippen molar-refractivity contribution in [2.75, 3.05) is 13.1 Å². The van der Waals surface area contributed by atoms with Gasteiger partial charge in [-0.3, -0.25) is 0 Å². The lowest BCUT2D eigenvalue weighted by Crippen LogP contribution is -2.32. The molecule has 0 spiro atoms. The maximum atomic E-state index is 2.49. The monoisotopic (exact) mass is 193 g/mol. The Labute approximate surface area is 89.7 Å². The van der Waals surface area contributed by atoms with E-state index in [2.05, 4.69) is 19.7 Å². The summed E-state index contributed by atoms with van der Waals surface area (Å²) in [6, 6.07) is 0. The summed E-state index contributed by atoms with van der Waals surface area (Å²) in [5.41, 5.74) is 0. The average molecular weight is 193 g/mol. The fourth-order valence-corrected chi connectivity index (χ4v) is 3.10. The number of rotatable bonds is 4. The van der Waals surface area contributed by atoms with Gasteiger partial charge in [0.05, 0.1) is 0 Å². The Balaban J connectivity index is 1.66. The van der Waals surface area contributed by atoms with Crippen LogP contribution in [0.15, 0.2) is 0 Å². The van der Waals surface area contributed by atoms with Crippen LogP contribution >= 0.6 is 0 Å². The van der Waals surface area contributed by atoms with E-state index in [0.717, 1.165) is 17.8 Å². The smallest absolute Gasteiger partial charge is 0.185 e. The Morgan fingerprint density at radius 1 is 1.29 bits per heavy atom. The SMILES string of the molecule is BN1CCC(C2CC2CCCC)CC1. The zero-order chi connectivity index (χ0) is 9.97. The highest BCUT2D eigenvalue weighted by Crippen LogP contribution is 2.50. The Bertz CT molecular complexity index is 175. The Morgan fingerprint density at radius 2 is 2.00 bits per heavy atom. The quantitative estimate of drug-likeness (QED) is 0.618. The number of nitrogens with zero attached hydrogens (tertiary/aromatic N) is 1. The summed E-state index contributed by atoms with van der Waals surface area (Å²) in [6.45, 7) is 5.01. The van der Waals surface area contributed by atoms with Crippen LogP contribution in [-0.2, 0) is 0 Å². The first-order chi connectivity index (χ1) is 6.81. The maximum absolute atomic E-state index is 2.49. The summed E-state index contributed by atoms with van der Waals surface area (Å²) in [5, 5.41) is 0. The third-order valence-electron chi connectivity index (χ3n) is 4.27. The van der Waals surface area contributed by atoms with Crippen molar-refractivity contribution < 1.29 is 0 Å². The second kappa shape index (κ2) is 4.70. The number of piperidine rings is 1. The minimum Gasteiger partial charge on any atom is -0.349 e. The lowest BCUT2D eigenvalue weighted by Gasteiger charge is -2.29. The molecule has 0 bridgehead atoms. The van der Waals surface area contributed by atoms with Crippen molar-refractivity contribution in [1.82, 2.24) is 4.81 Å². The van der Waals surface area contributed by atoms with Gasteiger partial charge >= 0.3 is 0 Å². The van der Waals surface area contributed by atoms with Gasteiger partial charge in [0.25, 0.3) is 0 Å². The summed E-state index contributed by atoms with van der Waals surface area (Å²) in [7, 11) is 2.26. The summed E-state index contributed by atoms with van der Waals surface area (Å²) < 4.78 is 0. The first-order valence-electron chi connectivity index (χ1n) is 6.49. The van der Waals surface area contributed by atoms with E-state index in [4.69, 9.17) is 0 Å². The van der Waals surface area contributed by atoms with Gasteiger partial charge in [-0.2, -0.15) is 0 Å². The van der Waals surface area contributed by atoms with Gasteiger partial charge in [0, 0.05) is 0 Å². The molecule has 0 radical (unpaired) electrons. The van der Waals surface area contributed by atoms with Crippen LogP contribution in [0, 0.1) is 17.8 Å². The molecule has 2 rings (SSSR count). The lowest BCUT2D eigenvalue weighted by atomic mass is 9.89. The van der Waals surface area contributed by atoms with Crippen molar-refractivity contribution in [3.63, 3.8) is 0 Å². The largest absolute Gasteiger partial charge is 0.349 e. The van der Waals surface area contributed by atoms with Crippen LogP contribution < -0.4 is 0 Å². The van der Waals surface area contributed by atoms with E-state index >= 15 is 0 Å². The topological polar surface area (TPSA) is 3.24 Å². The summed E-state index contributed by atoms with van der Waals surface area (Å²) in [5.74, 6) is 3.35.